The van der Waals surface area contributed by atoms with E-state index in [1.54, 1.807) is 18.2 Å². The number of nitrogens with zero attached hydrogens (tertiary/aromatic N) is 1. The van der Waals surface area contributed by atoms with E-state index in [0.29, 0.717) is 17.7 Å². The molecule has 1 N–H and O–H groups in total. The second-order valence-electron chi connectivity index (χ2n) is 10.5. The number of hydrogen-bond acceptors (Lipinski definition) is 3. The van der Waals surface area contributed by atoms with Gasteiger partial charge in [0.25, 0.3) is 5.91 Å². The third kappa shape index (κ3) is 7.33. The molecule has 1 saturated carbocycles. The molecule has 2 amide bonds. The van der Waals surface area contributed by atoms with E-state index in [1.807, 2.05) is 66.7 Å². The summed E-state index contributed by atoms with van der Waals surface area (Å²) in [6.45, 7) is -0.350. The van der Waals surface area contributed by atoms with Crippen molar-refractivity contribution in [2.24, 2.45) is 0 Å². The maximum atomic E-state index is 14.9. The van der Waals surface area contributed by atoms with E-state index in [9.17, 15) is 14.0 Å². The number of rotatable bonds is 10. The van der Waals surface area contributed by atoms with Crippen LogP contribution in [0.15, 0.2) is 95.5 Å². The van der Waals surface area contributed by atoms with Crippen molar-refractivity contribution >= 4 is 38.5 Å². The van der Waals surface area contributed by atoms with Crippen LogP contribution in [0, 0.1) is 5.82 Å². The summed E-state index contributed by atoms with van der Waals surface area (Å²) in [5, 5.41) is 5.21. The predicted octanol–water partition coefficient (Wildman–Crippen LogP) is 7.21. The molecule has 212 valence electrons. The lowest BCUT2D eigenvalue weighted by atomic mass is 9.94. The summed E-state index contributed by atoms with van der Waals surface area (Å²) in [5.41, 5.74) is 1.26. The van der Waals surface area contributed by atoms with Crippen molar-refractivity contribution in [2.45, 2.75) is 57.2 Å². The van der Waals surface area contributed by atoms with Crippen LogP contribution < -0.4 is 10.1 Å². The average molecular weight is 618 g/mol. The van der Waals surface area contributed by atoms with Gasteiger partial charge in [-0.05, 0) is 57.2 Å². The topological polar surface area (TPSA) is 58.6 Å². The van der Waals surface area contributed by atoms with Crippen molar-refractivity contribution in [1.29, 1.82) is 0 Å². The zero-order valence-corrected chi connectivity index (χ0v) is 24.5. The average Bonchev–Trinajstić information content (AvgIpc) is 3.00. The molecular formula is C34H34BrFN2O3. The van der Waals surface area contributed by atoms with Gasteiger partial charge in [0.1, 0.15) is 17.6 Å². The Morgan fingerprint density at radius 3 is 2.39 bits per heavy atom. The zero-order chi connectivity index (χ0) is 28.6. The number of amides is 2. The quantitative estimate of drug-likeness (QED) is 0.205. The maximum absolute atomic E-state index is 14.9. The number of carbonyl (C=O) groups is 2. The smallest absolute Gasteiger partial charge is 0.261 e. The molecule has 0 spiro atoms. The van der Waals surface area contributed by atoms with Gasteiger partial charge in [-0.3, -0.25) is 9.59 Å². The molecule has 0 heterocycles. The Morgan fingerprint density at radius 1 is 0.902 bits per heavy atom. The van der Waals surface area contributed by atoms with Crippen molar-refractivity contribution in [1.82, 2.24) is 10.2 Å². The molecule has 0 unspecified atom stereocenters. The molecule has 0 saturated heterocycles. The Bertz CT molecular complexity index is 1490. The van der Waals surface area contributed by atoms with Gasteiger partial charge in [-0.15, -0.1) is 0 Å². The Balaban J connectivity index is 1.44. The van der Waals surface area contributed by atoms with Crippen molar-refractivity contribution in [3.63, 3.8) is 0 Å². The number of hydrogen-bond donors (Lipinski definition) is 1. The van der Waals surface area contributed by atoms with E-state index in [2.05, 4.69) is 21.2 Å². The molecule has 0 radical (unpaired) electrons. The van der Waals surface area contributed by atoms with Crippen LogP contribution in [0.1, 0.15) is 43.2 Å². The summed E-state index contributed by atoms with van der Waals surface area (Å²) in [6.07, 6.45) is 5.45. The van der Waals surface area contributed by atoms with Crippen LogP contribution in [-0.4, -0.2) is 35.4 Å². The van der Waals surface area contributed by atoms with Gasteiger partial charge in [0.2, 0.25) is 5.91 Å². The second kappa shape index (κ2) is 13.8. The van der Waals surface area contributed by atoms with Gasteiger partial charge in [-0.25, -0.2) is 4.39 Å². The number of halogens is 2. The van der Waals surface area contributed by atoms with Gasteiger partial charge in [-0.2, -0.15) is 0 Å². The number of carbonyl (C=O) groups excluding carboxylic acids is 2. The van der Waals surface area contributed by atoms with E-state index < -0.39 is 17.8 Å². The molecule has 1 aliphatic carbocycles. The number of ether oxygens (including phenoxy) is 1. The Morgan fingerprint density at radius 2 is 1.61 bits per heavy atom. The minimum Gasteiger partial charge on any atom is -0.483 e. The fraction of sp³-hybridized carbons (Fsp3) is 0.294. The molecule has 4 aromatic rings. The van der Waals surface area contributed by atoms with Gasteiger partial charge < -0.3 is 15.0 Å². The van der Waals surface area contributed by atoms with Crippen LogP contribution >= 0.6 is 15.9 Å². The number of fused-ring (bicyclic) bond motifs is 1. The van der Waals surface area contributed by atoms with Crippen LogP contribution in [0.5, 0.6) is 5.75 Å². The van der Waals surface area contributed by atoms with Gasteiger partial charge in [0.15, 0.2) is 6.61 Å². The first-order valence-electron chi connectivity index (χ1n) is 14.2. The summed E-state index contributed by atoms with van der Waals surface area (Å²) in [5.74, 6) is -0.519. The summed E-state index contributed by atoms with van der Waals surface area (Å²) in [7, 11) is 0. The lowest BCUT2D eigenvalue weighted by Gasteiger charge is -2.33. The molecular weight excluding hydrogens is 583 g/mol. The van der Waals surface area contributed by atoms with Crippen molar-refractivity contribution < 1.29 is 18.7 Å². The number of benzene rings is 4. The second-order valence-corrected chi connectivity index (χ2v) is 11.3. The maximum Gasteiger partial charge on any atom is 0.261 e. The molecule has 0 aromatic heterocycles. The van der Waals surface area contributed by atoms with E-state index in [0.717, 1.165) is 46.5 Å². The highest BCUT2D eigenvalue weighted by Gasteiger charge is 2.32. The molecule has 1 aliphatic rings. The highest BCUT2D eigenvalue weighted by molar-refractivity contribution is 9.10. The lowest BCUT2D eigenvalue weighted by molar-refractivity contribution is -0.143. The standard InChI is InChI=1S/C34H34BrFN2O3/c35-33-28-17-9-7-13-25(28)19-20-31(33)41-23-32(39)38(22-26-14-8-10-18-29(26)36)30(21-24-11-3-1-4-12-24)34(40)37-27-15-5-2-6-16-27/h1,3-4,7-14,17-20,27,30H,2,5-6,15-16,21-23H2,(H,37,40)/t30-/m0/s1. The Labute approximate surface area is 248 Å². The predicted molar refractivity (Wildman–Crippen MR) is 163 cm³/mol. The molecule has 7 heteroatoms. The molecule has 5 rings (SSSR count). The molecule has 1 fully saturated rings. The summed E-state index contributed by atoms with van der Waals surface area (Å²) >= 11 is 3.62. The first kappa shape index (κ1) is 28.8. The molecule has 41 heavy (non-hydrogen) atoms. The van der Waals surface area contributed by atoms with Gasteiger partial charge in [-0.1, -0.05) is 98.1 Å². The van der Waals surface area contributed by atoms with Crippen molar-refractivity contribution in [2.75, 3.05) is 6.61 Å². The minimum atomic E-state index is -0.838. The highest BCUT2D eigenvalue weighted by Crippen LogP contribution is 2.33. The van der Waals surface area contributed by atoms with Crippen LogP contribution in [0.3, 0.4) is 0 Å². The zero-order valence-electron chi connectivity index (χ0n) is 22.9. The summed E-state index contributed by atoms with van der Waals surface area (Å²) < 4.78 is 21.6. The van der Waals surface area contributed by atoms with Crippen LogP contribution in [0.25, 0.3) is 10.8 Å². The molecule has 5 nitrogen and oxygen atoms in total. The SMILES string of the molecule is O=C(NC1CCCCC1)[C@H](Cc1ccccc1)N(Cc1ccccc1F)C(=O)COc1ccc2ccccc2c1Br. The lowest BCUT2D eigenvalue weighted by Crippen LogP contribution is -2.53. The van der Waals surface area contributed by atoms with E-state index in [-0.39, 0.29) is 25.1 Å². The molecule has 0 aliphatic heterocycles. The first-order chi connectivity index (χ1) is 20.0. The summed E-state index contributed by atoms with van der Waals surface area (Å²) in [6, 6.07) is 26.9. The van der Waals surface area contributed by atoms with Gasteiger partial charge in [0.05, 0.1) is 4.47 Å². The molecule has 4 aromatic carbocycles. The third-order valence-corrected chi connectivity index (χ3v) is 8.52. The first-order valence-corrected chi connectivity index (χ1v) is 15.0. The fourth-order valence-corrected chi connectivity index (χ4v) is 6.06. The van der Waals surface area contributed by atoms with Gasteiger partial charge in [0, 0.05) is 24.6 Å². The van der Waals surface area contributed by atoms with Crippen LogP contribution in [0.2, 0.25) is 0 Å². The number of nitrogens with one attached hydrogen (secondary N) is 1. The highest BCUT2D eigenvalue weighted by atomic mass is 79.9. The normalized spacial score (nSPS) is 14.4. The summed E-state index contributed by atoms with van der Waals surface area (Å²) in [4.78, 5) is 29.3. The van der Waals surface area contributed by atoms with Crippen LogP contribution in [-0.2, 0) is 22.6 Å². The Kier molecular flexibility index (Phi) is 9.67. The largest absolute Gasteiger partial charge is 0.483 e. The minimum absolute atomic E-state index is 0.0522. The van der Waals surface area contributed by atoms with Gasteiger partial charge >= 0.3 is 0 Å². The van der Waals surface area contributed by atoms with Crippen molar-refractivity contribution in [3.05, 3.63) is 112 Å². The van der Waals surface area contributed by atoms with E-state index in [1.165, 1.54) is 17.4 Å². The van der Waals surface area contributed by atoms with E-state index in [4.69, 9.17) is 4.74 Å². The van der Waals surface area contributed by atoms with Crippen LogP contribution in [0.4, 0.5) is 4.39 Å². The van der Waals surface area contributed by atoms with Crippen molar-refractivity contribution in [3.8, 4) is 5.75 Å². The third-order valence-electron chi connectivity index (χ3n) is 7.70. The Hall–Kier alpha value is -3.71. The molecule has 1 atom stereocenters. The fourth-order valence-electron chi connectivity index (χ4n) is 5.46. The molecule has 0 bridgehead atoms. The monoisotopic (exact) mass is 616 g/mol. The van der Waals surface area contributed by atoms with E-state index >= 15 is 0 Å².